The summed E-state index contributed by atoms with van der Waals surface area (Å²) >= 11 is 0. The third-order valence-electron chi connectivity index (χ3n) is 4.17. The van der Waals surface area contributed by atoms with Crippen LogP contribution in [0.1, 0.15) is 19.4 Å². The molecule has 1 aromatic carbocycles. The Morgan fingerprint density at radius 2 is 1.87 bits per heavy atom. The molecule has 7 heteroatoms. The van der Waals surface area contributed by atoms with Crippen LogP contribution in [0.15, 0.2) is 18.2 Å². The maximum absolute atomic E-state index is 11.9. The van der Waals surface area contributed by atoms with Crippen LogP contribution >= 0.6 is 0 Å². The average molecular weight is 343 g/mol. The molecular formula is C16H27N2O4S+. The van der Waals surface area contributed by atoms with Gasteiger partial charge in [0.2, 0.25) is 10.0 Å². The van der Waals surface area contributed by atoms with E-state index >= 15 is 0 Å². The molecule has 0 saturated carbocycles. The Hall–Kier alpha value is -1.31. The SMILES string of the molecule is CCOc1ccc(C[NH+]2CCN(S(=O)(=O)CC)CC2)cc1OC. The first-order valence-corrected chi connectivity index (χ1v) is 9.72. The second-order valence-electron chi connectivity index (χ2n) is 5.64. The zero-order chi connectivity index (χ0) is 16.9. The van der Waals surface area contributed by atoms with Crippen molar-refractivity contribution >= 4 is 10.0 Å². The summed E-state index contributed by atoms with van der Waals surface area (Å²) in [4.78, 5) is 1.39. The molecule has 2 rings (SSSR count). The third kappa shape index (κ3) is 4.59. The van der Waals surface area contributed by atoms with E-state index in [1.54, 1.807) is 18.3 Å². The lowest BCUT2D eigenvalue weighted by Gasteiger charge is -2.31. The van der Waals surface area contributed by atoms with Crippen LogP contribution in [0.3, 0.4) is 0 Å². The zero-order valence-electron chi connectivity index (χ0n) is 14.2. The average Bonchev–Trinajstić information content (AvgIpc) is 2.57. The van der Waals surface area contributed by atoms with Gasteiger partial charge in [0.25, 0.3) is 0 Å². The summed E-state index contributed by atoms with van der Waals surface area (Å²) in [5.74, 6) is 1.68. The van der Waals surface area contributed by atoms with E-state index in [2.05, 4.69) is 6.07 Å². The molecule has 0 amide bonds. The van der Waals surface area contributed by atoms with Crippen molar-refractivity contribution in [2.45, 2.75) is 20.4 Å². The molecule has 6 nitrogen and oxygen atoms in total. The second kappa shape index (κ2) is 7.99. The Morgan fingerprint density at radius 3 is 2.43 bits per heavy atom. The number of benzene rings is 1. The van der Waals surface area contributed by atoms with Gasteiger partial charge in [-0.05, 0) is 32.0 Å². The van der Waals surface area contributed by atoms with Crippen molar-refractivity contribution in [2.75, 3.05) is 45.6 Å². The summed E-state index contributed by atoms with van der Waals surface area (Å²) in [6.07, 6.45) is 0. The molecule has 1 saturated heterocycles. The van der Waals surface area contributed by atoms with Crippen LogP contribution < -0.4 is 14.4 Å². The van der Waals surface area contributed by atoms with E-state index in [0.29, 0.717) is 19.7 Å². The van der Waals surface area contributed by atoms with Gasteiger partial charge in [-0.15, -0.1) is 0 Å². The number of hydrogen-bond donors (Lipinski definition) is 1. The maximum atomic E-state index is 11.9. The van der Waals surface area contributed by atoms with Crippen LogP contribution in [0.4, 0.5) is 0 Å². The first-order valence-electron chi connectivity index (χ1n) is 8.11. The molecule has 1 aliphatic heterocycles. The molecule has 0 aromatic heterocycles. The lowest BCUT2D eigenvalue weighted by molar-refractivity contribution is -0.917. The number of rotatable bonds is 7. The molecule has 0 atom stereocenters. The van der Waals surface area contributed by atoms with Crippen LogP contribution in [-0.2, 0) is 16.6 Å². The lowest BCUT2D eigenvalue weighted by atomic mass is 10.1. The number of sulfonamides is 1. The van der Waals surface area contributed by atoms with Crippen molar-refractivity contribution < 1.29 is 22.8 Å². The highest BCUT2D eigenvalue weighted by molar-refractivity contribution is 7.89. The van der Waals surface area contributed by atoms with Gasteiger partial charge in [-0.1, -0.05) is 0 Å². The van der Waals surface area contributed by atoms with E-state index in [9.17, 15) is 8.42 Å². The van der Waals surface area contributed by atoms with Crippen molar-refractivity contribution in [3.63, 3.8) is 0 Å². The molecule has 1 fully saturated rings. The van der Waals surface area contributed by atoms with Gasteiger partial charge < -0.3 is 14.4 Å². The number of nitrogens with zero attached hydrogens (tertiary/aromatic N) is 1. The summed E-state index contributed by atoms with van der Waals surface area (Å²) in [6.45, 7) is 7.96. The van der Waals surface area contributed by atoms with E-state index in [-0.39, 0.29) is 5.75 Å². The van der Waals surface area contributed by atoms with Gasteiger partial charge in [0, 0.05) is 5.56 Å². The Labute approximate surface area is 139 Å². The molecule has 130 valence electrons. The third-order valence-corrected chi connectivity index (χ3v) is 6.05. The summed E-state index contributed by atoms with van der Waals surface area (Å²) < 4.78 is 36.3. The van der Waals surface area contributed by atoms with E-state index in [4.69, 9.17) is 9.47 Å². The van der Waals surface area contributed by atoms with Crippen LogP contribution in [0, 0.1) is 0 Å². The standard InChI is InChI=1S/C16H26N2O4S/c1-4-22-15-7-6-14(12-16(15)21-3)13-17-8-10-18(11-9-17)23(19,20)5-2/h6-7,12H,4-5,8-11,13H2,1-3H3/p+1. The minimum Gasteiger partial charge on any atom is -0.493 e. The highest BCUT2D eigenvalue weighted by Gasteiger charge is 2.27. The normalized spacial score (nSPS) is 17.2. The second-order valence-corrected chi connectivity index (χ2v) is 7.90. The molecule has 0 unspecified atom stereocenters. The highest BCUT2D eigenvalue weighted by atomic mass is 32.2. The van der Waals surface area contributed by atoms with E-state index in [1.807, 2.05) is 19.1 Å². The molecule has 1 N–H and O–H groups in total. The first kappa shape index (κ1) is 18.0. The Morgan fingerprint density at radius 1 is 1.17 bits per heavy atom. The predicted octanol–water partition coefficient (Wildman–Crippen LogP) is 0.144. The fourth-order valence-electron chi connectivity index (χ4n) is 2.83. The number of methoxy groups -OCH3 is 1. The maximum Gasteiger partial charge on any atom is 0.214 e. The minimum atomic E-state index is -3.06. The minimum absolute atomic E-state index is 0.179. The van der Waals surface area contributed by atoms with Gasteiger partial charge in [-0.2, -0.15) is 4.31 Å². The van der Waals surface area contributed by atoms with Crippen LogP contribution in [0.2, 0.25) is 0 Å². The molecule has 23 heavy (non-hydrogen) atoms. The van der Waals surface area contributed by atoms with Crippen molar-refractivity contribution in [2.24, 2.45) is 0 Å². The smallest absolute Gasteiger partial charge is 0.214 e. The van der Waals surface area contributed by atoms with Crippen molar-refractivity contribution in [1.29, 1.82) is 0 Å². The van der Waals surface area contributed by atoms with Crippen LogP contribution in [0.25, 0.3) is 0 Å². The lowest BCUT2D eigenvalue weighted by Crippen LogP contribution is -3.13. The quantitative estimate of drug-likeness (QED) is 0.765. The molecular weight excluding hydrogens is 316 g/mol. The summed E-state index contributed by atoms with van der Waals surface area (Å²) in [6, 6.07) is 6.00. The number of hydrogen-bond acceptors (Lipinski definition) is 4. The van der Waals surface area contributed by atoms with Crippen LogP contribution in [0.5, 0.6) is 11.5 Å². The number of quaternary nitrogens is 1. The zero-order valence-corrected chi connectivity index (χ0v) is 15.0. The number of piperazine rings is 1. The van der Waals surface area contributed by atoms with Gasteiger partial charge >= 0.3 is 0 Å². The largest absolute Gasteiger partial charge is 0.493 e. The molecule has 1 aliphatic rings. The molecule has 0 aliphatic carbocycles. The van der Waals surface area contributed by atoms with Crippen molar-refractivity contribution in [3.05, 3.63) is 23.8 Å². The fourth-order valence-corrected chi connectivity index (χ4v) is 3.93. The summed E-state index contributed by atoms with van der Waals surface area (Å²) in [5, 5.41) is 0. The Bertz CT molecular complexity index is 611. The van der Waals surface area contributed by atoms with Crippen LogP contribution in [-0.4, -0.2) is 58.4 Å². The topological polar surface area (TPSA) is 60.3 Å². The van der Waals surface area contributed by atoms with Gasteiger partial charge in [0.05, 0.1) is 45.6 Å². The molecule has 1 heterocycles. The summed E-state index contributed by atoms with van der Waals surface area (Å²) in [5.41, 5.74) is 1.17. The van der Waals surface area contributed by atoms with Gasteiger partial charge in [-0.3, -0.25) is 0 Å². The van der Waals surface area contributed by atoms with E-state index < -0.39 is 10.0 Å². The molecule has 0 spiro atoms. The Kier molecular flexibility index (Phi) is 6.26. The monoisotopic (exact) mass is 343 g/mol. The van der Waals surface area contributed by atoms with Gasteiger partial charge in [-0.25, -0.2) is 8.42 Å². The number of ether oxygens (including phenoxy) is 2. The fraction of sp³-hybridized carbons (Fsp3) is 0.625. The molecule has 1 aromatic rings. The van der Waals surface area contributed by atoms with Crippen molar-refractivity contribution in [1.82, 2.24) is 4.31 Å². The van der Waals surface area contributed by atoms with Gasteiger partial charge in [0.1, 0.15) is 6.54 Å². The Balaban J connectivity index is 1.96. The van der Waals surface area contributed by atoms with Crippen molar-refractivity contribution in [3.8, 4) is 11.5 Å². The van der Waals surface area contributed by atoms with E-state index in [1.165, 1.54) is 10.5 Å². The molecule has 0 radical (unpaired) electrons. The first-order chi connectivity index (χ1) is 11.0. The molecule has 0 bridgehead atoms. The summed E-state index contributed by atoms with van der Waals surface area (Å²) in [7, 11) is -1.41. The predicted molar refractivity (Wildman–Crippen MR) is 89.6 cm³/mol. The number of nitrogens with one attached hydrogen (secondary N) is 1. The highest BCUT2D eigenvalue weighted by Crippen LogP contribution is 2.27. The van der Waals surface area contributed by atoms with Gasteiger partial charge in [0.15, 0.2) is 11.5 Å². The van der Waals surface area contributed by atoms with E-state index in [0.717, 1.165) is 31.1 Å².